The molecule has 2 N–H and O–H groups in total. The molecule has 0 atom stereocenters. The average Bonchev–Trinajstić information content (AvgIpc) is 2.94. The van der Waals surface area contributed by atoms with E-state index in [1.54, 1.807) is 0 Å². The van der Waals surface area contributed by atoms with Crippen LogP contribution < -0.4 is 15.4 Å². The first-order chi connectivity index (χ1) is 12.4. The van der Waals surface area contributed by atoms with Gasteiger partial charge in [-0.15, -0.1) is 0 Å². The van der Waals surface area contributed by atoms with E-state index in [9.17, 15) is 18.0 Å². The fourth-order valence-electron chi connectivity index (χ4n) is 2.47. The van der Waals surface area contributed by atoms with Gasteiger partial charge in [0.05, 0.1) is 6.10 Å². The maximum atomic E-state index is 12.3. The number of anilines is 1. The van der Waals surface area contributed by atoms with Crippen LogP contribution in [0.1, 0.15) is 24.8 Å². The fourth-order valence-corrected chi connectivity index (χ4v) is 2.47. The molecule has 0 radical (unpaired) electrons. The molecule has 0 saturated heterocycles. The van der Waals surface area contributed by atoms with E-state index < -0.39 is 18.8 Å². The average molecular weight is 368 g/mol. The molecule has 1 saturated carbocycles. The number of ether oxygens (including phenoxy) is 1. The summed E-state index contributed by atoms with van der Waals surface area (Å²) >= 11 is 0. The van der Waals surface area contributed by atoms with E-state index in [1.165, 1.54) is 6.07 Å². The van der Waals surface area contributed by atoms with Gasteiger partial charge in [-0.2, -0.15) is 18.3 Å². The Bertz CT molecular complexity index is 756. The van der Waals surface area contributed by atoms with Crippen molar-refractivity contribution in [2.75, 3.05) is 5.32 Å². The van der Waals surface area contributed by atoms with Gasteiger partial charge in [0.15, 0.2) is 5.82 Å². The number of rotatable bonds is 6. The van der Waals surface area contributed by atoms with Gasteiger partial charge >= 0.3 is 12.2 Å². The third-order valence-corrected chi connectivity index (χ3v) is 3.98. The number of amides is 2. The third-order valence-electron chi connectivity index (χ3n) is 3.98. The molecule has 1 aliphatic carbocycles. The van der Waals surface area contributed by atoms with Crippen molar-refractivity contribution >= 4 is 11.8 Å². The normalized spacial score (nSPS) is 14.6. The van der Waals surface area contributed by atoms with Crippen molar-refractivity contribution in [2.24, 2.45) is 0 Å². The first kappa shape index (κ1) is 18.1. The van der Waals surface area contributed by atoms with Gasteiger partial charge in [0.2, 0.25) is 0 Å². The highest BCUT2D eigenvalue weighted by atomic mass is 19.4. The summed E-state index contributed by atoms with van der Waals surface area (Å²) in [6.07, 6.45) is 0.239. The van der Waals surface area contributed by atoms with Gasteiger partial charge in [-0.1, -0.05) is 18.2 Å². The lowest BCUT2D eigenvalue weighted by molar-refractivity contribution is -0.142. The van der Waals surface area contributed by atoms with Crippen molar-refractivity contribution in [2.45, 2.75) is 44.6 Å². The molecule has 3 rings (SSSR count). The smallest absolute Gasteiger partial charge is 0.408 e. The summed E-state index contributed by atoms with van der Waals surface area (Å²) in [6.45, 7) is -0.972. The highest BCUT2D eigenvalue weighted by Gasteiger charge is 2.28. The molecule has 9 heteroatoms. The van der Waals surface area contributed by atoms with Crippen LogP contribution in [0.2, 0.25) is 0 Å². The number of alkyl halides is 3. The van der Waals surface area contributed by atoms with E-state index in [0.29, 0.717) is 0 Å². The molecule has 2 aromatic rings. The lowest BCUT2D eigenvalue weighted by Crippen LogP contribution is -2.29. The summed E-state index contributed by atoms with van der Waals surface area (Å²) in [7, 11) is 0. The van der Waals surface area contributed by atoms with Crippen LogP contribution in [0, 0.1) is 0 Å². The summed E-state index contributed by atoms with van der Waals surface area (Å²) in [5.41, 5.74) is 0.831. The molecule has 0 spiro atoms. The van der Waals surface area contributed by atoms with Gasteiger partial charge in [-0.3, -0.25) is 10.00 Å². The van der Waals surface area contributed by atoms with Gasteiger partial charge in [0, 0.05) is 24.4 Å². The van der Waals surface area contributed by atoms with Crippen LogP contribution in [0.4, 0.5) is 23.8 Å². The highest BCUT2D eigenvalue weighted by molar-refractivity contribution is 5.88. The molecular weight excluding hydrogens is 349 g/mol. The van der Waals surface area contributed by atoms with Gasteiger partial charge in [-0.05, 0) is 25.3 Å². The number of hydrogen-bond acceptors (Lipinski definition) is 3. The molecule has 6 nitrogen and oxygen atoms in total. The number of para-hydroxylation sites is 1. The van der Waals surface area contributed by atoms with Gasteiger partial charge in [0.1, 0.15) is 12.3 Å². The van der Waals surface area contributed by atoms with Gasteiger partial charge in [-0.25, -0.2) is 4.79 Å². The van der Waals surface area contributed by atoms with E-state index in [-0.39, 0.29) is 18.5 Å². The maximum absolute atomic E-state index is 12.3. The molecule has 1 aromatic heterocycles. The Labute approximate surface area is 148 Å². The monoisotopic (exact) mass is 368 g/mol. The molecular formula is C17H19F3N4O2. The molecule has 1 fully saturated rings. The SMILES string of the molecule is O=C(NCc1ccccc1OC1CCC1)Nc1ccn(CC(F)(F)F)n1. The molecule has 1 aromatic carbocycles. The number of benzene rings is 1. The minimum absolute atomic E-state index is 0.0470. The standard InChI is InChI=1S/C17H19F3N4O2/c18-17(19,20)11-24-9-8-15(23-24)22-16(25)21-10-12-4-1-2-7-14(12)26-13-5-3-6-13/h1-2,4,7-9,13H,3,5-6,10-11H2,(H2,21,22,23,25). The summed E-state index contributed by atoms with van der Waals surface area (Å²) in [4.78, 5) is 11.9. The van der Waals surface area contributed by atoms with Crippen molar-refractivity contribution < 1.29 is 22.7 Å². The Morgan fingerprint density at radius 2 is 2.04 bits per heavy atom. The molecule has 0 unspecified atom stereocenters. The van der Waals surface area contributed by atoms with Gasteiger partial charge < -0.3 is 10.1 Å². The van der Waals surface area contributed by atoms with Crippen molar-refractivity contribution in [3.8, 4) is 5.75 Å². The minimum Gasteiger partial charge on any atom is -0.490 e. The van der Waals surface area contributed by atoms with Crippen LogP contribution in [-0.2, 0) is 13.1 Å². The van der Waals surface area contributed by atoms with Crippen molar-refractivity contribution in [3.05, 3.63) is 42.1 Å². The molecule has 2 amide bonds. The van der Waals surface area contributed by atoms with Crippen LogP contribution in [-0.4, -0.2) is 28.1 Å². The summed E-state index contributed by atoms with van der Waals surface area (Å²) in [6, 6.07) is 8.17. The quantitative estimate of drug-likeness (QED) is 0.817. The minimum atomic E-state index is -4.37. The van der Waals surface area contributed by atoms with E-state index in [4.69, 9.17) is 4.74 Å². The fraction of sp³-hybridized carbons (Fsp3) is 0.412. The first-order valence-electron chi connectivity index (χ1n) is 8.29. The molecule has 0 bridgehead atoms. The Hall–Kier alpha value is -2.71. The van der Waals surface area contributed by atoms with E-state index >= 15 is 0 Å². The van der Waals surface area contributed by atoms with Crippen LogP contribution in [0.25, 0.3) is 0 Å². The Morgan fingerprint density at radius 3 is 2.73 bits per heavy atom. The summed E-state index contributed by atoms with van der Waals surface area (Å²) < 4.78 is 43.5. The third kappa shape index (κ3) is 5.14. The van der Waals surface area contributed by atoms with Crippen LogP contribution in [0.5, 0.6) is 5.75 Å². The topological polar surface area (TPSA) is 68.2 Å². The molecule has 26 heavy (non-hydrogen) atoms. The predicted octanol–water partition coefficient (Wildman–Crippen LogP) is 3.70. The lowest BCUT2D eigenvalue weighted by Gasteiger charge is -2.27. The Kier molecular flexibility index (Phi) is 5.34. The van der Waals surface area contributed by atoms with Gasteiger partial charge in [0.25, 0.3) is 0 Å². The van der Waals surface area contributed by atoms with Crippen LogP contribution in [0.3, 0.4) is 0 Å². The zero-order valence-corrected chi connectivity index (χ0v) is 13.9. The first-order valence-corrected chi connectivity index (χ1v) is 8.29. The van der Waals surface area contributed by atoms with Crippen LogP contribution >= 0.6 is 0 Å². The van der Waals surface area contributed by atoms with Crippen molar-refractivity contribution in [1.29, 1.82) is 0 Å². The van der Waals surface area contributed by atoms with Crippen molar-refractivity contribution in [3.63, 3.8) is 0 Å². The zero-order valence-electron chi connectivity index (χ0n) is 13.9. The number of aromatic nitrogens is 2. The number of nitrogens with one attached hydrogen (secondary N) is 2. The second-order valence-corrected chi connectivity index (χ2v) is 6.10. The molecule has 1 aliphatic rings. The Morgan fingerprint density at radius 1 is 1.27 bits per heavy atom. The number of urea groups is 1. The number of nitrogens with zero attached hydrogens (tertiary/aromatic N) is 2. The molecule has 0 aliphatic heterocycles. The number of carbonyl (C=O) groups is 1. The number of hydrogen-bond donors (Lipinski definition) is 2. The maximum Gasteiger partial charge on any atom is 0.408 e. The lowest BCUT2D eigenvalue weighted by atomic mass is 9.96. The van der Waals surface area contributed by atoms with Crippen LogP contribution in [0.15, 0.2) is 36.5 Å². The summed E-state index contributed by atoms with van der Waals surface area (Å²) in [5, 5.41) is 8.73. The number of halogens is 3. The largest absolute Gasteiger partial charge is 0.490 e. The Balaban J connectivity index is 1.51. The second kappa shape index (κ2) is 7.67. The van der Waals surface area contributed by atoms with E-state index in [1.807, 2.05) is 24.3 Å². The van der Waals surface area contributed by atoms with E-state index in [0.717, 1.165) is 41.5 Å². The van der Waals surface area contributed by atoms with E-state index in [2.05, 4.69) is 15.7 Å². The highest BCUT2D eigenvalue weighted by Crippen LogP contribution is 2.27. The summed E-state index contributed by atoms with van der Waals surface area (Å²) in [5.74, 6) is 0.776. The predicted molar refractivity (Wildman–Crippen MR) is 88.8 cm³/mol. The number of carbonyl (C=O) groups excluding carboxylic acids is 1. The molecule has 140 valence electrons. The van der Waals surface area contributed by atoms with Crippen molar-refractivity contribution in [1.82, 2.24) is 15.1 Å². The second-order valence-electron chi connectivity index (χ2n) is 6.10. The zero-order chi connectivity index (χ0) is 18.6. The molecule has 1 heterocycles.